The average molecular weight is 854 g/mol. The van der Waals surface area contributed by atoms with Crippen molar-refractivity contribution < 1.29 is 4.42 Å². The van der Waals surface area contributed by atoms with Crippen LogP contribution in [0.3, 0.4) is 0 Å². The van der Waals surface area contributed by atoms with E-state index in [1.165, 1.54) is 60.8 Å². The topological polar surface area (TPSA) is 16.4 Å². The number of nitrogens with zero attached hydrogens (tertiary/aromatic N) is 1. The SMILES string of the molecule is c1ccc(C2(c3ccccc3)c3ccccc3-c3ccc(N(c4ccc(-c5ccc(-c6ccc7ccccc7c6)cc5)cc4)c4cccc(-c5cccc6oc7ccccc7c56)c4)cc32)cc1. The summed E-state index contributed by atoms with van der Waals surface area (Å²) < 4.78 is 6.37. The Hall–Kier alpha value is -8.72. The summed E-state index contributed by atoms with van der Waals surface area (Å²) in [7, 11) is 0. The molecule has 0 saturated heterocycles. The lowest BCUT2D eigenvalue weighted by Gasteiger charge is -2.35. The molecule has 0 bridgehead atoms. The van der Waals surface area contributed by atoms with E-state index in [-0.39, 0.29) is 0 Å². The van der Waals surface area contributed by atoms with Crippen molar-refractivity contribution in [1.29, 1.82) is 0 Å². The normalized spacial score (nSPS) is 12.6. The van der Waals surface area contributed by atoms with E-state index in [0.29, 0.717) is 0 Å². The van der Waals surface area contributed by atoms with Crippen molar-refractivity contribution in [3.8, 4) is 44.5 Å². The molecule has 0 atom stereocenters. The Bertz CT molecular complexity index is 3750. The predicted octanol–water partition coefficient (Wildman–Crippen LogP) is 17.6. The minimum Gasteiger partial charge on any atom is -0.456 e. The van der Waals surface area contributed by atoms with Crippen molar-refractivity contribution in [2.24, 2.45) is 0 Å². The molecule has 0 fully saturated rings. The molecule has 2 heteroatoms. The minimum atomic E-state index is -0.529. The molecule has 1 aromatic heterocycles. The van der Waals surface area contributed by atoms with E-state index < -0.39 is 5.41 Å². The molecule has 12 aromatic rings. The van der Waals surface area contributed by atoms with E-state index >= 15 is 0 Å². The molecular formula is C65H43NO. The highest BCUT2D eigenvalue weighted by Gasteiger charge is 2.46. The second kappa shape index (κ2) is 15.8. The van der Waals surface area contributed by atoms with Crippen LogP contribution >= 0.6 is 0 Å². The van der Waals surface area contributed by atoms with Gasteiger partial charge in [0.25, 0.3) is 0 Å². The molecule has 314 valence electrons. The number of furan rings is 1. The van der Waals surface area contributed by atoms with Crippen LogP contribution in [0.25, 0.3) is 77.2 Å². The Morgan fingerprint density at radius 1 is 0.299 bits per heavy atom. The van der Waals surface area contributed by atoms with E-state index in [4.69, 9.17) is 4.42 Å². The van der Waals surface area contributed by atoms with Gasteiger partial charge >= 0.3 is 0 Å². The zero-order valence-electron chi connectivity index (χ0n) is 36.7. The smallest absolute Gasteiger partial charge is 0.136 e. The van der Waals surface area contributed by atoms with Crippen LogP contribution in [0.2, 0.25) is 0 Å². The number of hydrogen-bond acceptors (Lipinski definition) is 2. The highest BCUT2D eigenvalue weighted by atomic mass is 16.3. The summed E-state index contributed by atoms with van der Waals surface area (Å²) in [6.45, 7) is 0. The highest BCUT2D eigenvalue weighted by Crippen LogP contribution is 2.57. The Labute approximate surface area is 390 Å². The van der Waals surface area contributed by atoms with Gasteiger partial charge in [-0.25, -0.2) is 0 Å². The van der Waals surface area contributed by atoms with Gasteiger partial charge < -0.3 is 9.32 Å². The standard InChI is InChI=1S/C65H43NO/c1-3-18-51(19-4-1)65(52-20-5-2-6-21-52)60-26-11-9-23-57(60)58-40-39-55(43-61(58)65)66(54-22-13-17-50(42-54)56-25-14-28-63-64(56)59-24-10-12-27-62(59)67-63)53-37-35-46(36-38-53)45-29-31-47(32-30-45)49-34-33-44-15-7-8-16-48(44)41-49/h1-43H. The third-order valence-corrected chi connectivity index (χ3v) is 13.9. The van der Waals surface area contributed by atoms with E-state index in [9.17, 15) is 0 Å². The zero-order chi connectivity index (χ0) is 44.3. The maximum Gasteiger partial charge on any atom is 0.136 e. The maximum atomic E-state index is 6.37. The van der Waals surface area contributed by atoms with Gasteiger partial charge in [0.05, 0.1) is 5.41 Å². The summed E-state index contributed by atoms with van der Waals surface area (Å²) in [5.74, 6) is 0. The number of anilines is 3. The highest BCUT2D eigenvalue weighted by molar-refractivity contribution is 6.12. The Morgan fingerprint density at radius 2 is 0.851 bits per heavy atom. The fraction of sp³-hybridized carbons (Fsp3) is 0.0154. The van der Waals surface area contributed by atoms with Crippen LogP contribution in [0.1, 0.15) is 22.3 Å². The average Bonchev–Trinajstić information content (AvgIpc) is 3.93. The van der Waals surface area contributed by atoms with Gasteiger partial charge in [-0.1, -0.05) is 206 Å². The first kappa shape index (κ1) is 38.7. The number of rotatable bonds is 8. The van der Waals surface area contributed by atoms with Crippen LogP contribution in [-0.2, 0) is 5.41 Å². The molecule has 2 nitrogen and oxygen atoms in total. The first-order valence-electron chi connectivity index (χ1n) is 23.1. The maximum absolute atomic E-state index is 6.37. The third-order valence-electron chi connectivity index (χ3n) is 13.9. The van der Waals surface area contributed by atoms with Crippen molar-refractivity contribution >= 4 is 49.8 Å². The number of fused-ring (bicyclic) bond motifs is 7. The number of para-hydroxylation sites is 1. The number of benzene rings is 11. The van der Waals surface area contributed by atoms with Gasteiger partial charge in [0.1, 0.15) is 11.2 Å². The monoisotopic (exact) mass is 853 g/mol. The van der Waals surface area contributed by atoms with E-state index in [0.717, 1.165) is 55.7 Å². The summed E-state index contributed by atoms with van der Waals surface area (Å²) in [4.78, 5) is 2.42. The molecule has 0 unspecified atom stereocenters. The Balaban J connectivity index is 0.969. The number of hydrogen-bond donors (Lipinski definition) is 0. The molecule has 1 aliphatic rings. The van der Waals surface area contributed by atoms with E-state index in [1.807, 2.05) is 6.07 Å². The fourth-order valence-corrected chi connectivity index (χ4v) is 10.9. The van der Waals surface area contributed by atoms with Gasteiger partial charge in [-0.05, 0) is 132 Å². The Morgan fingerprint density at radius 3 is 1.63 bits per heavy atom. The van der Waals surface area contributed by atoms with Gasteiger partial charge in [0.15, 0.2) is 0 Å². The summed E-state index contributed by atoms with van der Waals surface area (Å²) in [5, 5.41) is 4.75. The molecule has 0 aliphatic heterocycles. The summed E-state index contributed by atoms with van der Waals surface area (Å²) >= 11 is 0. The van der Waals surface area contributed by atoms with Crippen LogP contribution in [0, 0.1) is 0 Å². The van der Waals surface area contributed by atoms with Gasteiger partial charge in [-0.2, -0.15) is 0 Å². The second-order valence-electron chi connectivity index (χ2n) is 17.6. The van der Waals surface area contributed by atoms with Crippen LogP contribution < -0.4 is 4.90 Å². The van der Waals surface area contributed by atoms with Gasteiger partial charge in [-0.3, -0.25) is 0 Å². The molecule has 13 rings (SSSR count). The summed E-state index contributed by atoms with van der Waals surface area (Å²) in [6.07, 6.45) is 0. The first-order valence-corrected chi connectivity index (χ1v) is 23.1. The van der Waals surface area contributed by atoms with Crippen molar-refractivity contribution in [2.75, 3.05) is 4.90 Å². The molecule has 1 aliphatic carbocycles. The van der Waals surface area contributed by atoms with E-state index in [1.54, 1.807) is 0 Å². The van der Waals surface area contributed by atoms with Gasteiger partial charge in [0, 0.05) is 27.8 Å². The molecule has 0 saturated carbocycles. The molecule has 0 spiro atoms. The Kier molecular flexibility index (Phi) is 9.11. The molecule has 0 amide bonds. The lowest BCUT2D eigenvalue weighted by molar-refractivity contribution is 0.669. The lowest BCUT2D eigenvalue weighted by atomic mass is 9.67. The van der Waals surface area contributed by atoms with Gasteiger partial charge in [-0.15, -0.1) is 0 Å². The van der Waals surface area contributed by atoms with Crippen molar-refractivity contribution in [3.63, 3.8) is 0 Å². The van der Waals surface area contributed by atoms with Crippen LogP contribution in [0.5, 0.6) is 0 Å². The predicted molar refractivity (Wildman–Crippen MR) is 280 cm³/mol. The fourth-order valence-electron chi connectivity index (χ4n) is 10.9. The van der Waals surface area contributed by atoms with Crippen molar-refractivity contribution in [2.45, 2.75) is 5.41 Å². The lowest BCUT2D eigenvalue weighted by Crippen LogP contribution is -2.28. The van der Waals surface area contributed by atoms with E-state index in [2.05, 4.69) is 260 Å². The van der Waals surface area contributed by atoms with Crippen LogP contribution in [-0.4, -0.2) is 0 Å². The molecular weight excluding hydrogens is 811 g/mol. The molecule has 0 radical (unpaired) electrons. The third kappa shape index (κ3) is 6.33. The minimum absolute atomic E-state index is 0.529. The van der Waals surface area contributed by atoms with Gasteiger partial charge in [0.2, 0.25) is 0 Å². The zero-order valence-corrected chi connectivity index (χ0v) is 36.7. The summed E-state index contributed by atoms with van der Waals surface area (Å²) in [6, 6.07) is 95.1. The van der Waals surface area contributed by atoms with Crippen molar-refractivity contribution in [1.82, 2.24) is 0 Å². The second-order valence-corrected chi connectivity index (χ2v) is 17.6. The van der Waals surface area contributed by atoms with Crippen LogP contribution in [0.15, 0.2) is 265 Å². The quantitative estimate of drug-likeness (QED) is 0.151. The molecule has 1 heterocycles. The molecule has 11 aromatic carbocycles. The van der Waals surface area contributed by atoms with Crippen molar-refractivity contribution in [3.05, 3.63) is 283 Å². The molecule has 67 heavy (non-hydrogen) atoms. The largest absolute Gasteiger partial charge is 0.456 e. The summed E-state index contributed by atoms with van der Waals surface area (Å²) in [5.41, 5.74) is 19.1. The first-order chi connectivity index (χ1) is 33.2. The molecule has 0 N–H and O–H groups in total. The van der Waals surface area contributed by atoms with Crippen LogP contribution in [0.4, 0.5) is 17.1 Å².